The zero-order valence-electron chi connectivity index (χ0n) is 20.9. The number of ether oxygens (including phenoxy) is 6. The van der Waals surface area contributed by atoms with Gasteiger partial charge in [-0.1, -0.05) is 25.7 Å². The van der Waals surface area contributed by atoms with Gasteiger partial charge in [0.05, 0.1) is 20.3 Å². The van der Waals surface area contributed by atoms with Crippen molar-refractivity contribution in [2.24, 2.45) is 0 Å². The van der Waals surface area contributed by atoms with Crippen LogP contribution in [0.25, 0.3) is 0 Å². The lowest BCUT2D eigenvalue weighted by Gasteiger charge is -2.46. The van der Waals surface area contributed by atoms with Gasteiger partial charge < -0.3 is 59.1 Å². The number of carbonyl (C=O) groups is 1. The first kappa shape index (κ1) is 31.2. The molecular weight excluding hydrogens is 484 g/mol. The summed E-state index contributed by atoms with van der Waals surface area (Å²) in [7, 11) is 2.64. The van der Waals surface area contributed by atoms with Crippen LogP contribution in [0.3, 0.4) is 0 Å². The Balaban J connectivity index is 1.90. The highest BCUT2D eigenvalue weighted by Crippen LogP contribution is 2.30. The van der Waals surface area contributed by atoms with Gasteiger partial charge in [-0.3, -0.25) is 4.79 Å². The van der Waals surface area contributed by atoms with Crippen LogP contribution in [0.15, 0.2) is 0 Å². The van der Waals surface area contributed by atoms with E-state index in [1.165, 1.54) is 14.2 Å². The smallest absolute Gasteiger partial charge is 0.305 e. The van der Waals surface area contributed by atoms with Crippen LogP contribution >= 0.6 is 0 Å². The van der Waals surface area contributed by atoms with Crippen LogP contribution in [0, 0.1) is 0 Å². The van der Waals surface area contributed by atoms with Crippen molar-refractivity contribution in [2.75, 3.05) is 34.0 Å². The molecule has 6 N–H and O–H groups in total. The van der Waals surface area contributed by atoms with Gasteiger partial charge in [0.25, 0.3) is 0 Å². The fourth-order valence-electron chi connectivity index (χ4n) is 4.31. The second-order valence-electron chi connectivity index (χ2n) is 9.03. The molecule has 36 heavy (non-hydrogen) atoms. The SMILES string of the molecule is COC(=O)CCCCCCCCO[C@H]1O[C@H](CO)[C@@H](O)[C@H](O)[C@H]1O[C@H]1O[C@H](CO)[C@@H](O)[C@H](OC)[C@H]1O. The lowest BCUT2D eigenvalue weighted by atomic mass is 9.97. The molecule has 0 spiro atoms. The molecule has 212 valence electrons. The van der Waals surface area contributed by atoms with Crippen molar-refractivity contribution in [1.82, 2.24) is 0 Å². The molecule has 0 aromatic rings. The highest BCUT2D eigenvalue weighted by atomic mass is 16.8. The maximum absolute atomic E-state index is 11.1. The molecule has 0 amide bonds. The van der Waals surface area contributed by atoms with Crippen LogP contribution in [0.5, 0.6) is 0 Å². The van der Waals surface area contributed by atoms with E-state index in [1.807, 2.05) is 0 Å². The topological polar surface area (TPSA) is 194 Å². The molecule has 0 aromatic carbocycles. The van der Waals surface area contributed by atoms with Gasteiger partial charge in [0.1, 0.15) is 48.8 Å². The van der Waals surface area contributed by atoms with Gasteiger partial charge in [-0.25, -0.2) is 0 Å². The maximum atomic E-state index is 11.1. The molecule has 0 radical (unpaired) electrons. The Bertz CT molecular complexity index is 623. The number of rotatable bonds is 15. The van der Waals surface area contributed by atoms with E-state index in [0.717, 1.165) is 32.1 Å². The van der Waals surface area contributed by atoms with E-state index in [4.69, 9.17) is 23.7 Å². The summed E-state index contributed by atoms with van der Waals surface area (Å²) in [5.41, 5.74) is 0. The van der Waals surface area contributed by atoms with Crippen molar-refractivity contribution in [3.63, 3.8) is 0 Å². The Kier molecular flexibility index (Phi) is 14.0. The second kappa shape index (κ2) is 16.1. The van der Waals surface area contributed by atoms with Crippen LogP contribution < -0.4 is 0 Å². The highest BCUT2D eigenvalue weighted by Gasteiger charge is 2.51. The van der Waals surface area contributed by atoms with Crippen molar-refractivity contribution >= 4 is 5.97 Å². The monoisotopic (exact) mass is 526 g/mol. The third-order valence-electron chi connectivity index (χ3n) is 6.49. The van der Waals surface area contributed by atoms with Gasteiger partial charge in [-0.15, -0.1) is 0 Å². The van der Waals surface area contributed by atoms with E-state index in [2.05, 4.69) is 4.74 Å². The Morgan fingerprint density at radius 1 is 0.722 bits per heavy atom. The Morgan fingerprint density at radius 2 is 1.31 bits per heavy atom. The first-order valence-corrected chi connectivity index (χ1v) is 12.4. The summed E-state index contributed by atoms with van der Waals surface area (Å²) in [6.07, 6.45) is -7.67. The Morgan fingerprint density at radius 3 is 1.92 bits per heavy atom. The highest BCUT2D eigenvalue weighted by molar-refractivity contribution is 5.68. The molecule has 2 saturated heterocycles. The maximum Gasteiger partial charge on any atom is 0.305 e. The Labute approximate surface area is 210 Å². The van der Waals surface area contributed by atoms with Crippen LogP contribution in [0.1, 0.15) is 44.9 Å². The minimum atomic E-state index is -1.55. The normalized spacial score (nSPS) is 37.1. The largest absolute Gasteiger partial charge is 0.469 e. The molecule has 10 atom stereocenters. The summed E-state index contributed by atoms with van der Waals surface area (Å²) in [5.74, 6) is -0.215. The van der Waals surface area contributed by atoms with E-state index in [-0.39, 0.29) is 12.6 Å². The molecule has 0 aliphatic carbocycles. The zero-order chi connectivity index (χ0) is 26.7. The van der Waals surface area contributed by atoms with E-state index in [1.54, 1.807) is 0 Å². The molecule has 2 aliphatic heterocycles. The number of methoxy groups -OCH3 is 2. The fraction of sp³-hybridized carbons (Fsp3) is 0.957. The van der Waals surface area contributed by atoms with Crippen LogP contribution in [-0.2, 0) is 33.2 Å². The Hall–Kier alpha value is -0.970. The van der Waals surface area contributed by atoms with E-state index < -0.39 is 74.6 Å². The zero-order valence-corrected chi connectivity index (χ0v) is 20.9. The molecule has 0 aromatic heterocycles. The lowest BCUT2D eigenvalue weighted by Crippen LogP contribution is -2.65. The number of hydrogen-bond acceptors (Lipinski definition) is 13. The molecular formula is C23H42O13. The van der Waals surface area contributed by atoms with Gasteiger partial charge in [0, 0.05) is 20.1 Å². The molecule has 0 bridgehead atoms. The van der Waals surface area contributed by atoms with Gasteiger partial charge >= 0.3 is 5.97 Å². The molecule has 0 saturated carbocycles. The van der Waals surface area contributed by atoms with Crippen LogP contribution in [-0.4, -0.2) is 132 Å². The van der Waals surface area contributed by atoms with Crippen molar-refractivity contribution in [2.45, 2.75) is 106 Å². The quantitative estimate of drug-likeness (QED) is 0.103. The van der Waals surface area contributed by atoms with Crippen molar-refractivity contribution in [3.05, 3.63) is 0 Å². The first-order valence-electron chi connectivity index (χ1n) is 12.4. The third kappa shape index (κ3) is 8.53. The summed E-state index contributed by atoms with van der Waals surface area (Å²) < 4.78 is 32.3. The summed E-state index contributed by atoms with van der Waals surface area (Å²) in [4.78, 5) is 11.1. The average Bonchev–Trinajstić information content (AvgIpc) is 2.88. The van der Waals surface area contributed by atoms with Crippen LogP contribution in [0.4, 0.5) is 0 Å². The van der Waals surface area contributed by atoms with Gasteiger partial charge in [-0.05, 0) is 12.8 Å². The first-order chi connectivity index (χ1) is 17.3. The van der Waals surface area contributed by atoms with E-state index >= 15 is 0 Å². The second-order valence-corrected chi connectivity index (χ2v) is 9.03. The van der Waals surface area contributed by atoms with Crippen molar-refractivity contribution < 1.29 is 63.9 Å². The predicted molar refractivity (Wildman–Crippen MR) is 121 cm³/mol. The predicted octanol–water partition coefficient (Wildman–Crippen LogP) is -1.82. The minimum absolute atomic E-state index is 0.215. The van der Waals surface area contributed by atoms with Crippen molar-refractivity contribution in [1.29, 1.82) is 0 Å². The number of unbranched alkanes of at least 4 members (excludes halogenated alkanes) is 5. The van der Waals surface area contributed by atoms with Gasteiger partial charge in [0.15, 0.2) is 12.6 Å². The summed E-state index contributed by atoms with van der Waals surface area (Å²) >= 11 is 0. The van der Waals surface area contributed by atoms with E-state index in [0.29, 0.717) is 12.8 Å². The molecule has 2 aliphatic rings. The molecule has 2 rings (SSSR count). The molecule has 2 heterocycles. The molecule has 2 fully saturated rings. The lowest BCUT2D eigenvalue weighted by molar-refractivity contribution is -0.368. The van der Waals surface area contributed by atoms with E-state index in [9.17, 15) is 35.4 Å². The molecule has 0 unspecified atom stereocenters. The number of esters is 1. The average molecular weight is 527 g/mol. The number of aliphatic hydroxyl groups is 6. The number of hydrogen-bond donors (Lipinski definition) is 6. The van der Waals surface area contributed by atoms with Crippen LogP contribution in [0.2, 0.25) is 0 Å². The summed E-state index contributed by atoms with van der Waals surface area (Å²) in [6, 6.07) is 0. The van der Waals surface area contributed by atoms with Gasteiger partial charge in [0.2, 0.25) is 0 Å². The number of carbonyl (C=O) groups excluding carboxylic acids is 1. The minimum Gasteiger partial charge on any atom is -0.469 e. The fourth-order valence-corrected chi connectivity index (χ4v) is 4.31. The van der Waals surface area contributed by atoms with Crippen molar-refractivity contribution in [3.8, 4) is 0 Å². The molecule has 13 heteroatoms. The standard InChI is InChI=1S/C23H42O13/c1-31-15(26)9-7-5-3-4-6-8-10-33-23-21(18(29)16(27)13(11-24)35-23)36-22-19(30)20(32-2)17(28)14(12-25)34-22/h13-14,16-25,27-30H,3-12H2,1-2H3/t13-,14-,16-,17-,18+,19-,20+,21-,22-,23+/m1/s1. The summed E-state index contributed by atoms with van der Waals surface area (Å²) in [6.45, 7) is -0.904. The third-order valence-corrected chi connectivity index (χ3v) is 6.49. The summed E-state index contributed by atoms with van der Waals surface area (Å²) in [5, 5.41) is 60.7. The molecule has 13 nitrogen and oxygen atoms in total. The number of aliphatic hydroxyl groups excluding tert-OH is 6. The van der Waals surface area contributed by atoms with Gasteiger partial charge in [-0.2, -0.15) is 0 Å².